The van der Waals surface area contributed by atoms with E-state index in [1.54, 1.807) is 37.4 Å². The van der Waals surface area contributed by atoms with Crippen molar-refractivity contribution in [3.63, 3.8) is 0 Å². The zero-order valence-electron chi connectivity index (χ0n) is 28.6. The fourth-order valence-electron chi connectivity index (χ4n) is 10.1. The van der Waals surface area contributed by atoms with Crippen molar-refractivity contribution >= 4 is 11.9 Å². The number of methoxy groups -OCH3 is 1. The quantitative estimate of drug-likeness (QED) is 0.336. The molecule has 2 aromatic rings. The Hall–Kier alpha value is -3.28. The third-order valence-electron chi connectivity index (χ3n) is 12.4. The molecule has 4 fully saturated rings. The minimum absolute atomic E-state index is 0.0490. The number of aliphatic hydroxyl groups excluding tert-OH is 1. The molecule has 0 radical (unpaired) electrons. The Kier molecular flexibility index (Phi) is 7.88. The minimum Gasteiger partial charge on any atom is -0.497 e. The second-order valence-corrected chi connectivity index (χ2v) is 15.1. The highest BCUT2D eigenvalue weighted by Crippen LogP contribution is 2.68. The first-order valence-electron chi connectivity index (χ1n) is 16.8. The van der Waals surface area contributed by atoms with Gasteiger partial charge in [0.05, 0.1) is 43.5 Å². The summed E-state index contributed by atoms with van der Waals surface area (Å²) >= 11 is 0. The highest BCUT2D eigenvalue weighted by atomic mass is 16.7. The molecule has 2 N–H and O–H groups in total. The van der Waals surface area contributed by atoms with Crippen LogP contribution in [-0.2, 0) is 28.5 Å². The van der Waals surface area contributed by atoms with Crippen LogP contribution in [0.2, 0.25) is 0 Å². The van der Waals surface area contributed by atoms with E-state index in [1.165, 1.54) is 6.92 Å². The van der Waals surface area contributed by atoms with E-state index in [1.807, 2.05) is 52.0 Å². The van der Waals surface area contributed by atoms with E-state index in [0.29, 0.717) is 17.7 Å². The highest BCUT2D eigenvalue weighted by Gasteiger charge is 2.78. The number of carbonyl (C=O) groups is 2. The SMILES string of the molecule is COc1ccc(C2O[C@H]3C[C@H]4OC[C@@]4(OC(C)=O)[C@H]4[C@H](OC(=O)c5ccccc5)[C@]5(O)C[C@H](O)C(C)=C([C@H](C)[C@H](O2)[C@]34C)C5(C)C)cc1. The number of esters is 2. The van der Waals surface area contributed by atoms with Crippen molar-refractivity contribution < 1.29 is 48.2 Å². The summed E-state index contributed by atoms with van der Waals surface area (Å²) in [5, 5.41) is 24.9. The molecule has 0 amide bonds. The van der Waals surface area contributed by atoms with Crippen molar-refractivity contribution in [2.75, 3.05) is 13.7 Å². The van der Waals surface area contributed by atoms with Gasteiger partial charge in [0.2, 0.25) is 0 Å². The van der Waals surface area contributed by atoms with E-state index in [9.17, 15) is 19.8 Å². The normalized spacial score (nSPS) is 41.0. The Balaban J connectivity index is 1.47. The fraction of sp³-hybridized carbons (Fsp3) is 0.579. The monoisotopic (exact) mass is 662 g/mol. The lowest BCUT2D eigenvalue weighted by atomic mass is 9.43. The topological polar surface area (TPSA) is 130 Å². The summed E-state index contributed by atoms with van der Waals surface area (Å²) in [6.45, 7) is 11.3. The van der Waals surface area contributed by atoms with Crippen molar-refractivity contribution in [1.29, 1.82) is 0 Å². The number of fused-ring (bicyclic) bond motifs is 4. The Morgan fingerprint density at radius 2 is 1.67 bits per heavy atom. The molecule has 2 saturated carbocycles. The van der Waals surface area contributed by atoms with E-state index in [2.05, 4.69) is 6.92 Å². The van der Waals surface area contributed by atoms with E-state index < -0.39 is 76.7 Å². The Morgan fingerprint density at radius 3 is 2.27 bits per heavy atom. The van der Waals surface area contributed by atoms with Crippen LogP contribution in [0.25, 0.3) is 0 Å². The molecule has 258 valence electrons. The minimum atomic E-state index is -1.79. The van der Waals surface area contributed by atoms with Gasteiger partial charge in [-0.05, 0) is 36.8 Å². The third-order valence-corrected chi connectivity index (χ3v) is 12.4. The molecule has 0 spiro atoms. The standard InChI is InChI=1S/C38H46O10/c1-20-26(40)18-38(42)32(46-33(41)23-11-9-8-10-12-23)30-36(6)27(17-28-37(30,19-44-28)48-22(3)39)45-34(24-13-15-25(43-7)16-14-24)47-31(36)21(2)29(20)35(38,4)5/h8-16,21,26-28,30-32,34,40,42H,17-19H2,1-7H3/t21-,26-,27-,28+,30-,31-,32-,34?,36+,37-,38+/m0/s1. The number of aliphatic hydroxyl groups is 2. The van der Waals surface area contributed by atoms with Gasteiger partial charge in [-0.1, -0.05) is 63.6 Å². The van der Waals surface area contributed by atoms with Crippen LogP contribution in [0.1, 0.15) is 76.6 Å². The number of rotatable bonds is 5. The molecule has 11 atom stereocenters. The van der Waals surface area contributed by atoms with Crippen LogP contribution in [-0.4, -0.2) is 77.6 Å². The molecule has 5 aliphatic rings. The van der Waals surface area contributed by atoms with Gasteiger partial charge in [-0.25, -0.2) is 4.79 Å². The average molecular weight is 663 g/mol. The van der Waals surface area contributed by atoms with E-state index in [0.717, 1.165) is 16.7 Å². The lowest BCUT2D eigenvalue weighted by Gasteiger charge is -2.71. The number of hydrogen-bond donors (Lipinski definition) is 2. The third kappa shape index (κ3) is 4.56. The van der Waals surface area contributed by atoms with Crippen molar-refractivity contribution in [3.8, 4) is 5.75 Å². The second-order valence-electron chi connectivity index (χ2n) is 15.1. The van der Waals surface area contributed by atoms with Crippen LogP contribution in [0, 0.1) is 22.7 Å². The predicted octanol–water partition coefficient (Wildman–Crippen LogP) is 4.92. The Morgan fingerprint density at radius 1 is 0.979 bits per heavy atom. The van der Waals surface area contributed by atoms with Gasteiger partial charge in [-0.3, -0.25) is 4.79 Å². The lowest BCUT2D eigenvalue weighted by Crippen LogP contribution is -2.82. The van der Waals surface area contributed by atoms with Crippen molar-refractivity contribution in [3.05, 3.63) is 76.9 Å². The molecule has 1 unspecified atom stereocenters. The zero-order chi connectivity index (χ0) is 34.4. The molecular formula is C38H46O10. The van der Waals surface area contributed by atoms with E-state index in [4.69, 9.17) is 28.4 Å². The van der Waals surface area contributed by atoms with Gasteiger partial charge >= 0.3 is 11.9 Å². The summed E-state index contributed by atoms with van der Waals surface area (Å²) in [6.07, 6.45) is -4.43. The smallest absolute Gasteiger partial charge is 0.338 e. The van der Waals surface area contributed by atoms with Gasteiger partial charge in [0.15, 0.2) is 11.9 Å². The highest BCUT2D eigenvalue weighted by molar-refractivity contribution is 5.89. The van der Waals surface area contributed by atoms with Gasteiger partial charge in [-0.15, -0.1) is 0 Å². The van der Waals surface area contributed by atoms with Gasteiger partial charge in [0.25, 0.3) is 0 Å². The first-order chi connectivity index (χ1) is 22.7. The summed E-state index contributed by atoms with van der Waals surface area (Å²) in [6, 6.07) is 16.1. The van der Waals surface area contributed by atoms with Gasteiger partial charge in [0, 0.05) is 42.1 Å². The maximum atomic E-state index is 14.1. The fourth-order valence-corrected chi connectivity index (χ4v) is 10.1. The molecule has 10 nitrogen and oxygen atoms in total. The lowest BCUT2D eigenvalue weighted by molar-refractivity contribution is -0.411. The van der Waals surface area contributed by atoms with Gasteiger partial charge in [0.1, 0.15) is 23.6 Å². The molecule has 2 aromatic carbocycles. The van der Waals surface area contributed by atoms with E-state index in [-0.39, 0.29) is 18.9 Å². The second kappa shape index (κ2) is 11.4. The number of hydrogen-bond acceptors (Lipinski definition) is 10. The summed E-state index contributed by atoms with van der Waals surface area (Å²) in [5.74, 6) is -1.62. The molecule has 0 aromatic heterocycles. The molecule has 48 heavy (non-hydrogen) atoms. The maximum Gasteiger partial charge on any atom is 0.338 e. The predicted molar refractivity (Wildman–Crippen MR) is 173 cm³/mol. The first-order valence-corrected chi connectivity index (χ1v) is 16.8. The average Bonchev–Trinajstić information content (AvgIpc) is 3.04. The van der Waals surface area contributed by atoms with Gasteiger partial charge in [-0.2, -0.15) is 0 Å². The van der Waals surface area contributed by atoms with Crippen LogP contribution in [0.4, 0.5) is 0 Å². The van der Waals surface area contributed by atoms with Crippen LogP contribution in [0.5, 0.6) is 5.75 Å². The van der Waals surface area contributed by atoms with Crippen molar-refractivity contribution in [1.82, 2.24) is 0 Å². The first kappa shape index (κ1) is 33.2. The van der Waals surface area contributed by atoms with Crippen LogP contribution >= 0.6 is 0 Å². The van der Waals surface area contributed by atoms with E-state index >= 15 is 0 Å². The summed E-state index contributed by atoms with van der Waals surface area (Å²) in [4.78, 5) is 27.0. The van der Waals surface area contributed by atoms with Crippen molar-refractivity contribution in [2.45, 2.75) is 102 Å². The van der Waals surface area contributed by atoms with Crippen molar-refractivity contribution in [2.24, 2.45) is 22.7 Å². The van der Waals surface area contributed by atoms with Crippen LogP contribution in [0.15, 0.2) is 65.7 Å². The molecular weight excluding hydrogens is 616 g/mol. The molecule has 10 heteroatoms. The molecule has 2 saturated heterocycles. The summed E-state index contributed by atoms with van der Waals surface area (Å²) < 4.78 is 38.3. The molecule has 3 aliphatic carbocycles. The largest absolute Gasteiger partial charge is 0.497 e. The molecule has 2 bridgehead atoms. The molecule has 7 rings (SSSR count). The summed E-state index contributed by atoms with van der Waals surface area (Å²) in [5.41, 5.74) is -2.33. The van der Waals surface area contributed by atoms with Crippen LogP contribution < -0.4 is 4.74 Å². The number of ether oxygens (including phenoxy) is 6. The number of benzene rings is 2. The molecule has 2 heterocycles. The van der Waals surface area contributed by atoms with Crippen LogP contribution in [0.3, 0.4) is 0 Å². The zero-order valence-corrected chi connectivity index (χ0v) is 28.6. The maximum absolute atomic E-state index is 14.1. The number of carbonyl (C=O) groups excluding carboxylic acids is 2. The Labute approximate surface area is 281 Å². The van der Waals surface area contributed by atoms with Gasteiger partial charge < -0.3 is 38.6 Å². The Bertz CT molecular complexity index is 1620. The summed E-state index contributed by atoms with van der Waals surface area (Å²) in [7, 11) is 1.61. The molecule has 2 aliphatic heterocycles.